The fourth-order valence-electron chi connectivity index (χ4n) is 3.63. The number of likely N-dealkylation sites (N-methyl/N-ethyl adjacent to an activating group) is 1. The highest BCUT2D eigenvalue weighted by atomic mass is 32.2. The number of carbonyl (C=O) groups excluding carboxylic acids is 1. The number of fused-ring (bicyclic) bond motifs is 1. The zero-order valence-corrected chi connectivity index (χ0v) is 16.2. The summed E-state index contributed by atoms with van der Waals surface area (Å²) in [7, 11) is -2.22. The number of piperidine rings is 1. The van der Waals surface area contributed by atoms with Gasteiger partial charge in [-0.1, -0.05) is 37.3 Å². The van der Waals surface area contributed by atoms with E-state index in [2.05, 4.69) is 6.92 Å². The Morgan fingerprint density at radius 2 is 1.88 bits per heavy atom. The number of benzene rings is 2. The molecular formula is C20H26N2O3S. The molecule has 6 heteroatoms. The Balaban J connectivity index is 1.78. The third kappa shape index (κ3) is 3.76. The van der Waals surface area contributed by atoms with Crippen LogP contribution in [0.25, 0.3) is 10.8 Å². The number of carbonyl (C=O) groups is 1. The zero-order valence-electron chi connectivity index (χ0n) is 15.4. The average Bonchev–Trinajstić information content (AvgIpc) is 2.67. The van der Waals surface area contributed by atoms with E-state index in [1.54, 1.807) is 18.2 Å². The normalized spacial score (nSPS) is 18.4. The molecule has 2 aromatic carbocycles. The predicted octanol–water partition coefficient (Wildman–Crippen LogP) is 3.25. The van der Waals surface area contributed by atoms with E-state index in [1.807, 2.05) is 29.2 Å². The molecule has 5 nitrogen and oxygen atoms in total. The first kappa shape index (κ1) is 18.9. The molecule has 0 bridgehead atoms. The van der Waals surface area contributed by atoms with Crippen LogP contribution in [0.5, 0.6) is 0 Å². The van der Waals surface area contributed by atoms with Crippen molar-refractivity contribution in [3.8, 4) is 0 Å². The van der Waals surface area contributed by atoms with Crippen molar-refractivity contribution in [1.82, 2.24) is 9.21 Å². The molecule has 0 N–H and O–H groups in total. The van der Waals surface area contributed by atoms with Gasteiger partial charge in [0.1, 0.15) is 0 Å². The summed E-state index contributed by atoms with van der Waals surface area (Å²) < 4.78 is 27.0. The van der Waals surface area contributed by atoms with E-state index >= 15 is 0 Å². The van der Waals surface area contributed by atoms with Gasteiger partial charge in [0, 0.05) is 19.6 Å². The van der Waals surface area contributed by atoms with E-state index in [0.29, 0.717) is 0 Å². The topological polar surface area (TPSA) is 57.7 Å². The monoisotopic (exact) mass is 374 g/mol. The largest absolute Gasteiger partial charge is 0.339 e. The van der Waals surface area contributed by atoms with Crippen LogP contribution in [-0.4, -0.2) is 49.7 Å². The minimum absolute atomic E-state index is 0.108. The lowest BCUT2D eigenvalue weighted by atomic mass is 10.00. The Kier molecular flexibility index (Phi) is 5.63. The summed E-state index contributed by atoms with van der Waals surface area (Å²) in [5.74, 6) is -0.108. The van der Waals surface area contributed by atoms with Crippen molar-refractivity contribution in [3.05, 3.63) is 42.5 Å². The van der Waals surface area contributed by atoms with Crippen LogP contribution in [0.1, 0.15) is 32.6 Å². The van der Waals surface area contributed by atoms with Gasteiger partial charge >= 0.3 is 0 Å². The molecule has 0 aromatic heterocycles. The van der Waals surface area contributed by atoms with Crippen molar-refractivity contribution in [3.63, 3.8) is 0 Å². The minimum atomic E-state index is -3.70. The lowest BCUT2D eigenvalue weighted by Gasteiger charge is -2.36. The van der Waals surface area contributed by atoms with Crippen LogP contribution in [-0.2, 0) is 14.8 Å². The predicted molar refractivity (Wildman–Crippen MR) is 103 cm³/mol. The van der Waals surface area contributed by atoms with Gasteiger partial charge in [-0.3, -0.25) is 4.79 Å². The number of sulfonamides is 1. The van der Waals surface area contributed by atoms with E-state index in [4.69, 9.17) is 0 Å². The van der Waals surface area contributed by atoms with Crippen LogP contribution in [0, 0.1) is 0 Å². The first-order valence-electron chi connectivity index (χ1n) is 9.18. The molecule has 0 unspecified atom stereocenters. The molecule has 0 aliphatic carbocycles. The van der Waals surface area contributed by atoms with Gasteiger partial charge in [0.15, 0.2) is 0 Å². The maximum Gasteiger partial charge on any atom is 0.243 e. The maximum absolute atomic E-state index is 12.9. The van der Waals surface area contributed by atoms with Gasteiger partial charge in [-0.15, -0.1) is 0 Å². The molecule has 26 heavy (non-hydrogen) atoms. The first-order chi connectivity index (χ1) is 12.4. The van der Waals surface area contributed by atoms with Gasteiger partial charge in [0.05, 0.1) is 11.4 Å². The van der Waals surface area contributed by atoms with Crippen LogP contribution in [0.15, 0.2) is 47.4 Å². The molecule has 1 saturated heterocycles. The highest BCUT2D eigenvalue weighted by Crippen LogP contribution is 2.23. The molecule has 1 amide bonds. The van der Waals surface area contributed by atoms with Gasteiger partial charge in [-0.05, 0) is 48.6 Å². The molecule has 1 heterocycles. The van der Waals surface area contributed by atoms with E-state index in [1.165, 1.54) is 11.4 Å². The number of amides is 1. The fourth-order valence-corrected chi connectivity index (χ4v) is 4.78. The summed E-state index contributed by atoms with van der Waals surface area (Å²) in [4.78, 5) is 14.8. The number of rotatable bonds is 5. The second-order valence-electron chi connectivity index (χ2n) is 6.92. The quantitative estimate of drug-likeness (QED) is 0.807. The van der Waals surface area contributed by atoms with Gasteiger partial charge in [-0.2, -0.15) is 4.31 Å². The van der Waals surface area contributed by atoms with Crippen molar-refractivity contribution in [1.29, 1.82) is 0 Å². The summed E-state index contributed by atoms with van der Waals surface area (Å²) in [6.07, 6.45) is 4.03. The molecule has 3 rings (SSSR count). The second kappa shape index (κ2) is 7.76. The fraction of sp³-hybridized carbons (Fsp3) is 0.450. The molecular weight excluding hydrogens is 348 g/mol. The number of likely N-dealkylation sites (tertiary alicyclic amines) is 1. The lowest BCUT2D eigenvalue weighted by molar-refractivity contribution is -0.134. The second-order valence-corrected chi connectivity index (χ2v) is 8.96. The SMILES string of the molecule is CC[C@H]1CCCCN1C(=O)CN(C)S(=O)(=O)c1ccc2ccccc2c1. The van der Waals surface area contributed by atoms with Crippen LogP contribution < -0.4 is 0 Å². The van der Waals surface area contributed by atoms with Crippen LogP contribution in [0.4, 0.5) is 0 Å². The van der Waals surface area contributed by atoms with E-state index < -0.39 is 10.0 Å². The highest BCUT2D eigenvalue weighted by molar-refractivity contribution is 7.89. The molecule has 1 fully saturated rings. The standard InChI is InChI=1S/C20H26N2O3S/c1-3-18-10-6-7-13-22(18)20(23)15-21(2)26(24,25)19-12-11-16-8-4-5-9-17(16)14-19/h4-5,8-9,11-12,14,18H,3,6-7,10,13,15H2,1-2H3/t18-/m0/s1. The average molecular weight is 375 g/mol. The third-order valence-electron chi connectivity index (χ3n) is 5.21. The van der Waals surface area contributed by atoms with Crippen molar-refractivity contribution >= 4 is 26.7 Å². The molecule has 0 radical (unpaired) electrons. The summed E-state index contributed by atoms with van der Waals surface area (Å²) in [5, 5.41) is 1.86. The Labute approximate surface area is 155 Å². The first-order valence-corrected chi connectivity index (χ1v) is 10.6. The zero-order chi connectivity index (χ0) is 18.7. The Morgan fingerprint density at radius 3 is 2.62 bits per heavy atom. The van der Waals surface area contributed by atoms with Gasteiger partial charge < -0.3 is 4.90 Å². The van der Waals surface area contributed by atoms with Crippen LogP contribution >= 0.6 is 0 Å². The smallest absolute Gasteiger partial charge is 0.243 e. The number of hydrogen-bond donors (Lipinski definition) is 0. The summed E-state index contributed by atoms with van der Waals surface area (Å²) in [5.41, 5.74) is 0. The maximum atomic E-state index is 12.9. The molecule has 1 atom stereocenters. The molecule has 1 aliphatic rings. The van der Waals surface area contributed by atoms with E-state index in [9.17, 15) is 13.2 Å². The Hall–Kier alpha value is -1.92. The number of nitrogens with zero attached hydrogens (tertiary/aromatic N) is 2. The molecule has 140 valence electrons. The third-order valence-corrected chi connectivity index (χ3v) is 7.01. The summed E-state index contributed by atoms with van der Waals surface area (Å²) in [6.45, 7) is 2.68. The lowest BCUT2D eigenvalue weighted by Crippen LogP contribution is -2.48. The van der Waals surface area contributed by atoms with Crippen molar-refractivity contribution < 1.29 is 13.2 Å². The molecule has 1 aliphatic heterocycles. The van der Waals surface area contributed by atoms with Gasteiger partial charge in [0.25, 0.3) is 0 Å². The highest BCUT2D eigenvalue weighted by Gasteiger charge is 2.29. The Bertz CT molecular complexity index is 895. The van der Waals surface area contributed by atoms with E-state index in [-0.39, 0.29) is 23.4 Å². The van der Waals surface area contributed by atoms with Crippen LogP contribution in [0.2, 0.25) is 0 Å². The van der Waals surface area contributed by atoms with Gasteiger partial charge in [-0.25, -0.2) is 8.42 Å². The van der Waals surface area contributed by atoms with E-state index in [0.717, 1.165) is 43.0 Å². The van der Waals surface area contributed by atoms with Crippen molar-refractivity contribution in [2.24, 2.45) is 0 Å². The van der Waals surface area contributed by atoms with Crippen LogP contribution in [0.3, 0.4) is 0 Å². The van der Waals surface area contributed by atoms with Gasteiger partial charge in [0.2, 0.25) is 15.9 Å². The summed E-state index contributed by atoms with van der Waals surface area (Å²) >= 11 is 0. The Morgan fingerprint density at radius 1 is 1.15 bits per heavy atom. The molecule has 2 aromatic rings. The molecule has 0 spiro atoms. The van der Waals surface area contributed by atoms with Crippen molar-refractivity contribution in [2.45, 2.75) is 43.5 Å². The number of hydrogen-bond acceptors (Lipinski definition) is 3. The minimum Gasteiger partial charge on any atom is -0.339 e. The molecule has 0 saturated carbocycles. The van der Waals surface area contributed by atoms with Crippen molar-refractivity contribution in [2.75, 3.05) is 20.1 Å². The summed E-state index contributed by atoms with van der Waals surface area (Å²) in [6, 6.07) is 12.9.